The lowest BCUT2D eigenvalue weighted by Crippen LogP contribution is -2.02. The van der Waals surface area contributed by atoms with E-state index in [0.717, 1.165) is 15.0 Å². The number of rotatable bonds is 2. The number of nitrogen functional groups attached to an aromatic ring is 1. The Balaban J connectivity index is 2.23. The minimum absolute atomic E-state index is 0.180. The Hall–Kier alpha value is -2.40. The number of hydrogen-bond acceptors (Lipinski definition) is 4. The summed E-state index contributed by atoms with van der Waals surface area (Å²) in [5, 5.41) is 10.3. The number of benzene rings is 1. The molecule has 3 rings (SSSR count). The molecule has 0 aliphatic rings. The number of carboxylic acid groups (broad SMARTS) is 1. The van der Waals surface area contributed by atoms with Gasteiger partial charge < -0.3 is 10.8 Å². The van der Waals surface area contributed by atoms with Gasteiger partial charge in [-0.15, -0.1) is 11.3 Å². The fraction of sp³-hybridized carbons (Fsp3) is 0. The molecule has 94 valence electrons. The highest BCUT2D eigenvalue weighted by molar-refractivity contribution is 7.22. The number of carbonyl (C=O) groups is 1. The second-order valence-electron chi connectivity index (χ2n) is 4.11. The first-order valence-corrected chi connectivity index (χ1v) is 6.44. The molecule has 2 heterocycles. The van der Waals surface area contributed by atoms with Crippen molar-refractivity contribution in [3.8, 4) is 10.4 Å². The van der Waals surface area contributed by atoms with Crippen LogP contribution in [0.3, 0.4) is 0 Å². The quantitative estimate of drug-likeness (QED) is 0.749. The lowest BCUT2D eigenvalue weighted by molar-refractivity contribution is 0.0697. The van der Waals surface area contributed by atoms with Gasteiger partial charge in [-0.05, 0) is 23.6 Å². The Kier molecular flexibility index (Phi) is 2.68. The Bertz CT molecular complexity index is 747. The van der Waals surface area contributed by atoms with Crippen LogP contribution in [0.2, 0.25) is 0 Å². The molecule has 3 N–H and O–H groups in total. The topological polar surface area (TPSA) is 76.2 Å². The maximum atomic E-state index is 11.3. The van der Waals surface area contributed by atoms with Crippen LogP contribution in [-0.2, 0) is 0 Å². The third-order valence-corrected chi connectivity index (χ3v) is 4.00. The molecular weight excluding hydrogens is 260 g/mol. The van der Waals surface area contributed by atoms with Crippen molar-refractivity contribution in [2.75, 3.05) is 5.73 Å². The van der Waals surface area contributed by atoms with E-state index in [9.17, 15) is 9.90 Å². The molecule has 1 aromatic carbocycles. The van der Waals surface area contributed by atoms with Crippen LogP contribution in [0.4, 0.5) is 5.82 Å². The molecule has 0 fully saturated rings. The number of nitrogens with two attached hydrogens (primary N) is 1. The van der Waals surface area contributed by atoms with Gasteiger partial charge in [0.2, 0.25) is 0 Å². The Morgan fingerprint density at radius 3 is 2.79 bits per heavy atom. The Labute approximate surface area is 113 Å². The largest absolute Gasteiger partial charge is 0.478 e. The van der Waals surface area contributed by atoms with Gasteiger partial charge >= 0.3 is 5.97 Å². The van der Waals surface area contributed by atoms with E-state index in [1.165, 1.54) is 12.3 Å². The van der Waals surface area contributed by atoms with E-state index in [1.807, 2.05) is 30.3 Å². The van der Waals surface area contributed by atoms with Gasteiger partial charge in [-0.2, -0.15) is 0 Å². The number of carboxylic acids is 1. The van der Waals surface area contributed by atoms with E-state index in [2.05, 4.69) is 4.98 Å². The van der Waals surface area contributed by atoms with E-state index in [-0.39, 0.29) is 11.4 Å². The average Bonchev–Trinajstić information content (AvgIpc) is 2.82. The molecule has 0 unspecified atom stereocenters. The van der Waals surface area contributed by atoms with Gasteiger partial charge in [0.25, 0.3) is 0 Å². The number of fused-ring (bicyclic) bond motifs is 1. The second kappa shape index (κ2) is 4.37. The van der Waals surface area contributed by atoms with Crippen molar-refractivity contribution in [1.82, 2.24) is 4.98 Å². The number of nitrogens with zero attached hydrogens (tertiary/aromatic N) is 1. The number of thiophene rings is 1. The molecule has 5 heteroatoms. The summed E-state index contributed by atoms with van der Waals surface area (Å²) in [5.41, 5.74) is 6.33. The summed E-state index contributed by atoms with van der Waals surface area (Å²) in [5.74, 6) is -0.788. The number of hydrogen-bond donors (Lipinski definition) is 2. The molecule has 0 aliphatic carbocycles. The normalized spacial score (nSPS) is 10.7. The average molecular weight is 270 g/mol. The zero-order valence-electron chi connectivity index (χ0n) is 9.83. The summed E-state index contributed by atoms with van der Waals surface area (Å²) in [6.07, 6.45) is 1.52. The SMILES string of the molecule is Nc1cc(C(=O)O)c(-c2cc3ccccc3s2)cn1. The van der Waals surface area contributed by atoms with Crippen LogP contribution in [0.25, 0.3) is 20.5 Å². The maximum absolute atomic E-state index is 11.3. The van der Waals surface area contributed by atoms with Crippen molar-refractivity contribution < 1.29 is 9.90 Å². The van der Waals surface area contributed by atoms with Crippen molar-refractivity contribution in [3.05, 3.63) is 48.2 Å². The molecule has 0 aliphatic heterocycles. The van der Waals surface area contributed by atoms with Crippen LogP contribution in [0.15, 0.2) is 42.6 Å². The van der Waals surface area contributed by atoms with Crippen molar-refractivity contribution in [2.24, 2.45) is 0 Å². The zero-order valence-corrected chi connectivity index (χ0v) is 10.6. The highest BCUT2D eigenvalue weighted by Crippen LogP contribution is 2.35. The molecule has 0 radical (unpaired) electrons. The van der Waals surface area contributed by atoms with E-state index in [0.29, 0.717) is 5.56 Å². The van der Waals surface area contributed by atoms with Crippen LogP contribution in [0.5, 0.6) is 0 Å². The monoisotopic (exact) mass is 270 g/mol. The lowest BCUT2D eigenvalue weighted by Gasteiger charge is -2.03. The molecular formula is C14H10N2O2S. The minimum Gasteiger partial charge on any atom is -0.478 e. The van der Waals surface area contributed by atoms with Crippen molar-refractivity contribution in [3.63, 3.8) is 0 Å². The van der Waals surface area contributed by atoms with Crippen molar-refractivity contribution in [1.29, 1.82) is 0 Å². The summed E-state index contributed by atoms with van der Waals surface area (Å²) in [6, 6.07) is 11.3. The summed E-state index contributed by atoms with van der Waals surface area (Å²) >= 11 is 1.54. The van der Waals surface area contributed by atoms with Crippen LogP contribution in [0, 0.1) is 0 Å². The molecule has 0 spiro atoms. The van der Waals surface area contributed by atoms with E-state index in [1.54, 1.807) is 11.3 Å². The number of anilines is 1. The summed E-state index contributed by atoms with van der Waals surface area (Å²) < 4.78 is 1.12. The number of aromatic nitrogens is 1. The maximum Gasteiger partial charge on any atom is 0.336 e. The summed E-state index contributed by atoms with van der Waals surface area (Å²) in [4.78, 5) is 16.2. The summed E-state index contributed by atoms with van der Waals surface area (Å²) in [7, 11) is 0. The molecule has 0 saturated carbocycles. The zero-order chi connectivity index (χ0) is 13.4. The van der Waals surface area contributed by atoms with Gasteiger partial charge in [-0.1, -0.05) is 18.2 Å². The van der Waals surface area contributed by atoms with Gasteiger partial charge in [0.15, 0.2) is 0 Å². The second-order valence-corrected chi connectivity index (χ2v) is 5.19. The van der Waals surface area contributed by atoms with Crippen LogP contribution >= 0.6 is 11.3 Å². The van der Waals surface area contributed by atoms with E-state index >= 15 is 0 Å². The van der Waals surface area contributed by atoms with Gasteiger partial charge in [-0.3, -0.25) is 0 Å². The van der Waals surface area contributed by atoms with Crippen LogP contribution in [0.1, 0.15) is 10.4 Å². The fourth-order valence-corrected chi connectivity index (χ4v) is 3.05. The first-order valence-electron chi connectivity index (χ1n) is 5.63. The third kappa shape index (κ3) is 2.04. The fourth-order valence-electron chi connectivity index (χ4n) is 1.96. The standard InChI is InChI=1S/C14H10N2O2S/c15-13-6-9(14(17)18)10(7-16-13)12-5-8-3-1-2-4-11(8)19-12/h1-7H,(H2,15,16)(H,17,18). The lowest BCUT2D eigenvalue weighted by atomic mass is 10.1. The number of aromatic carboxylic acids is 1. The van der Waals surface area contributed by atoms with Gasteiger partial charge in [0.05, 0.1) is 5.56 Å². The predicted octanol–water partition coefficient (Wildman–Crippen LogP) is 3.24. The minimum atomic E-state index is -0.999. The molecule has 3 aromatic rings. The molecule has 4 nitrogen and oxygen atoms in total. The van der Waals surface area contributed by atoms with Gasteiger partial charge in [0, 0.05) is 21.3 Å². The van der Waals surface area contributed by atoms with Crippen LogP contribution in [-0.4, -0.2) is 16.1 Å². The smallest absolute Gasteiger partial charge is 0.336 e. The first-order chi connectivity index (χ1) is 9.15. The predicted molar refractivity (Wildman–Crippen MR) is 76.4 cm³/mol. The first kappa shape index (κ1) is 11.7. The Morgan fingerprint density at radius 1 is 1.26 bits per heavy atom. The Morgan fingerprint density at radius 2 is 2.05 bits per heavy atom. The summed E-state index contributed by atoms with van der Waals surface area (Å²) in [6.45, 7) is 0. The third-order valence-electron chi connectivity index (χ3n) is 2.85. The van der Waals surface area contributed by atoms with Crippen LogP contribution < -0.4 is 5.73 Å². The molecule has 19 heavy (non-hydrogen) atoms. The molecule has 0 atom stereocenters. The van der Waals surface area contributed by atoms with Gasteiger partial charge in [0.1, 0.15) is 5.82 Å². The van der Waals surface area contributed by atoms with E-state index in [4.69, 9.17) is 5.73 Å². The molecule has 0 saturated heterocycles. The molecule has 2 aromatic heterocycles. The molecule has 0 bridgehead atoms. The molecule has 0 amide bonds. The highest BCUT2D eigenvalue weighted by Gasteiger charge is 2.15. The van der Waals surface area contributed by atoms with E-state index < -0.39 is 5.97 Å². The van der Waals surface area contributed by atoms with Crippen molar-refractivity contribution in [2.45, 2.75) is 0 Å². The van der Waals surface area contributed by atoms with Gasteiger partial charge in [-0.25, -0.2) is 9.78 Å². The van der Waals surface area contributed by atoms with Crippen molar-refractivity contribution >= 4 is 33.2 Å². The highest BCUT2D eigenvalue weighted by atomic mass is 32.1. The number of pyridine rings is 1.